The lowest BCUT2D eigenvalue weighted by molar-refractivity contribution is 0.149. The van der Waals surface area contributed by atoms with E-state index in [-0.39, 0.29) is 0 Å². The Kier molecular flexibility index (Phi) is 8.68. The molecule has 6 rings (SSSR count). The number of hydrogen-bond acceptors (Lipinski definition) is 6. The van der Waals surface area contributed by atoms with Gasteiger partial charge in [0, 0.05) is 47.7 Å². The van der Waals surface area contributed by atoms with E-state index in [0.29, 0.717) is 30.4 Å². The van der Waals surface area contributed by atoms with Gasteiger partial charge in [-0.05, 0) is 73.9 Å². The predicted octanol–water partition coefficient (Wildman–Crippen LogP) is 7.51. The van der Waals surface area contributed by atoms with Gasteiger partial charge in [0.2, 0.25) is 0 Å². The van der Waals surface area contributed by atoms with Gasteiger partial charge in [0.05, 0.1) is 11.1 Å². The van der Waals surface area contributed by atoms with Gasteiger partial charge in [0.1, 0.15) is 36.9 Å². The highest BCUT2D eigenvalue weighted by atomic mass is 16.5. The molecule has 3 aromatic carbocycles. The lowest BCUT2D eigenvalue weighted by Crippen LogP contribution is -2.37. The van der Waals surface area contributed by atoms with Crippen LogP contribution in [0.25, 0.3) is 11.1 Å². The van der Waals surface area contributed by atoms with Crippen LogP contribution in [-0.2, 0) is 32.6 Å². The van der Waals surface area contributed by atoms with Gasteiger partial charge < -0.3 is 9.47 Å². The number of hydrogen-bond donors (Lipinski definition) is 0. The molecular formula is C37H36N4O2. The molecule has 1 fully saturated rings. The molecule has 216 valence electrons. The Labute approximate surface area is 254 Å². The average molecular weight is 569 g/mol. The van der Waals surface area contributed by atoms with E-state index in [1.165, 1.54) is 36.0 Å². The number of ether oxygens (including phenoxy) is 2. The van der Waals surface area contributed by atoms with Gasteiger partial charge >= 0.3 is 0 Å². The van der Waals surface area contributed by atoms with Crippen LogP contribution in [0.2, 0.25) is 0 Å². The van der Waals surface area contributed by atoms with E-state index >= 15 is 0 Å². The van der Waals surface area contributed by atoms with Crippen LogP contribution < -0.4 is 9.47 Å². The predicted molar refractivity (Wildman–Crippen MR) is 166 cm³/mol. The van der Waals surface area contributed by atoms with E-state index in [4.69, 9.17) is 9.47 Å². The highest BCUT2D eigenvalue weighted by Gasteiger charge is 2.27. The molecule has 0 amide bonds. The number of aromatic nitrogens is 1. The summed E-state index contributed by atoms with van der Waals surface area (Å²) < 4.78 is 13.1. The fourth-order valence-corrected chi connectivity index (χ4v) is 6.47. The molecule has 1 saturated heterocycles. The number of likely N-dealkylation sites (tertiary alicyclic amines) is 1. The third kappa shape index (κ3) is 6.26. The molecule has 1 aromatic heterocycles. The molecule has 0 spiro atoms. The normalized spacial score (nSPS) is 16.2. The first-order valence-electron chi connectivity index (χ1n) is 15.2. The van der Waals surface area contributed by atoms with Crippen molar-refractivity contribution in [3.8, 4) is 34.8 Å². The van der Waals surface area contributed by atoms with Gasteiger partial charge in [-0.25, -0.2) is 0 Å². The summed E-state index contributed by atoms with van der Waals surface area (Å²) in [6, 6.07) is 25.0. The summed E-state index contributed by atoms with van der Waals surface area (Å²) in [6.07, 6.45) is 10.1. The van der Waals surface area contributed by atoms with Crippen molar-refractivity contribution in [3.05, 3.63) is 112 Å². The molecule has 1 aliphatic heterocycles. The summed E-state index contributed by atoms with van der Waals surface area (Å²) in [5, 5.41) is 19.5. The van der Waals surface area contributed by atoms with E-state index in [2.05, 4.69) is 35.0 Å². The van der Waals surface area contributed by atoms with E-state index in [0.717, 1.165) is 66.1 Å². The topological polar surface area (TPSA) is 82.2 Å². The SMILES string of the molecule is C[C@@H]1CCCCN1Cc1c(OCc2cncc(C#N)c2)cc(OCc2cccc(-c3ccccc3)c2C#N)c2c1CCC2. The summed E-state index contributed by atoms with van der Waals surface area (Å²) in [5.41, 5.74) is 8.67. The van der Waals surface area contributed by atoms with Crippen molar-refractivity contribution in [2.45, 2.75) is 71.2 Å². The highest BCUT2D eigenvalue weighted by molar-refractivity contribution is 5.72. The van der Waals surface area contributed by atoms with Gasteiger partial charge in [-0.2, -0.15) is 10.5 Å². The van der Waals surface area contributed by atoms with Crippen LogP contribution >= 0.6 is 0 Å². The van der Waals surface area contributed by atoms with Crippen LogP contribution in [0, 0.1) is 22.7 Å². The number of fused-ring (bicyclic) bond motifs is 1. The van der Waals surface area contributed by atoms with Crippen LogP contribution in [0.4, 0.5) is 0 Å². The maximum Gasteiger partial charge on any atom is 0.128 e. The molecular weight excluding hydrogens is 532 g/mol. The fraction of sp³-hybridized carbons (Fsp3) is 0.324. The molecule has 43 heavy (non-hydrogen) atoms. The first kappa shape index (κ1) is 28.5. The first-order valence-corrected chi connectivity index (χ1v) is 15.2. The molecule has 2 heterocycles. The number of piperidine rings is 1. The van der Waals surface area contributed by atoms with E-state index in [1.54, 1.807) is 12.4 Å². The minimum atomic E-state index is 0.298. The van der Waals surface area contributed by atoms with E-state index in [1.807, 2.05) is 54.6 Å². The second kappa shape index (κ2) is 13.1. The zero-order chi connectivity index (χ0) is 29.6. The lowest BCUT2D eigenvalue weighted by Gasteiger charge is -2.34. The summed E-state index contributed by atoms with van der Waals surface area (Å²) in [4.78, 5) is 6.80. The monoisotopic (exact) mass is 568 g/mol. The quantitative estimate of drug-likeness (QED) is 0.208. The number of benzene rings is 3. The maximum absolute atomic E-state index is 10.1. The third-order valence-electron chi connectivity index (χ3n) is 8.79. The molecule has 1 atom stereocenters. The van der Waals surface area contributed by atoms with Crippen LogP contribution in [0.3, 0.4) is 0 Å². The van der Waals surface area contributed by atoms with E-state index in [9.17, 15) is 10.5 Å². The minimum Gasteiger partial charge on any atom is -0.488 e. The molecule has 0 saturated carbocycles. The Bertz CT molecular complexity index is 1690. The Morgan fingerprint density at radius 2 is 1.70 bits per heavy atom. The second-order valence-corrected chi connectivity index (χ2v) is 11.6. The van der Waals surface area contributed by atoms with Crippen LogP contribution in [0.1, 0.15) is 71.6 Å². The summed E-state index contributed by atoms with van der Waals surface area (Å²) >= 11 is 0. The number of rotatable bonds is 9. The third-order valence-corrected chi connectivity index (χ3v) is 8.79. The smallest absolute Gasteiger partial charge is 0.128 e. The molecule has 6 nitrogen and oxygen atoms in total. The van der Waals surface area contributed by atoms with E-state index < -0.39 is 0 Å². The van der Waals surface area contributed by atoms with Crippen LogP contribution in [-0.4, -0.2) is 22.5 Å². The molecule has 0 radical (unpaired) electrons. The Morgan fingerprint density at radius 1 is 0.860 bits per heavy atom. The van der Waals surface area contributed by atoms with Gasteiger partial charge in [-0.3, -0.25) is 9.88 Å². The van der Waals surface area contributed by atoms with Crippen LogP contribution in [0.5, 0.6) is 11.5 Å². The summed E-state index contributed by atoms with van der Waals surface area (Å²) in [7, 11) is 0. The van der Waals surface area contributed by atoms with Crippen molar-refractivity contribution >= 4 is 0 Å². The largest absolute Gasteiger partial charge is 0.488 e. The van der Waals surface area contributed by atoms with Gasteiger partial charge in [0.15, 0.2) is 0 Å². The number of nitriles is 2. The van der Waals surface area contributed by atoms with Gasteiger partial charge in [0.25, 0.3) is 0 Å². The molecule has 2 aliphatic rings. The standard InChI is InChI=1S/C37H36N4O2/c1-26-9-5-6-16-41(26)23-35-32-14-8-15-33(32)36(18-37(35)42-24-28-17-27(19-38)21-40-22-28)43-25-30-12-7-13-31(34(30)20-39)29-10-3-2-4-11-29/h2-4,7,10-13,17-18,21-22,26H,5-6,8-9,14-16,23-25H2,1H3/t26-/m1/s1. The molecule has 1 aliphatic carbocycles. The number of nitrogens with zero attached hydrogens (tertiary/aromatic N) is 4. The number of pyridine rings is 1. The van der Waals surface area contributed by atoms with Crippen molar-refractivity contribution in [2.75, 3.05) is 6.54 Å². The van der Waals surface area contributed by atoms with Crippen molar-refractivity contribution < 1.29 is 9.47 Å². The second-order valence-electron chi connectivity index (χ2n) is 11.6. The molecule has 0 unspecified atom stereocenters. The first-order chi connectivity index (χ1) is 21.1. The van der Waals surface area contributed by atoms with Crippen molar-refractivity contribution in [1.29, 1.82) is 10.5 Å². The van der Waals surface area contributed by atoms with Crippen LogP contribution in [0.15, 0.2) is 73.1 Å². The molecule has 6 heteroatoms. The Balaban J connectivity index is 1.33. The van der Waals surface area contributed by atoms with Crippen molar-refractivity contribution in [2.24, 2.45) is 0 Å². The average Bonchev–Trinajstić information content (AvgIpc) is 3.55. The zero-order valence-corrected chi connectivity index (χ0v) is 24.7. The minimum absolute atomic E-state index is 0.298. The lowest BCUT2D eigenvalue weighted by atomic mass is 9.96. The summed E-state index contributed by atoms with van der Waals surface area (Å²) in [6.45, 7) is 4.89. The molecule has 4 aromatic rings. The molecule has 0 N–H and O–H groups in total. The maximum atomic E-state index is 10.1. The Hall–Kier alpha value is -4.65. The Morgan fingerprint density at radius 3 is 2.51 bits per heavy atom. The van der Waals surface area contributed by atoms with Gasteiger partial charge in [-0.1, -0.05) is 55.0 Å². The van der Waals surface area contributed by atoms with Gasteiger partial charge in [-0.15, -0.1) is 0 Å². The van der Waals surface area contributed by atoms with Crippen molar-refractivity contribution in [3.63, 3.8) is 0 Å². The zero-order valence-electron chi connectivity index (χ0n) is 24.7. The van der Waals surface area contributed by atoms with Crippen molar-refractivity contribution in [1.82, 2.24) is 9.88 Å². The fourth-order valence-electron chi connectivity index (χ4n) is 6.47. The molecule has 0 bridgehead atoms. The highest BCUT2D eigenvalue weighted by Crippen LogP contribution is 2.41. The summed E-state index contributed by atoms with van der Waals surface area (Å²) in [5.74, 6) is 1.66.